The lowest BCUT2D eigenvalue weighted by Crippen LogP contribution is -2.40. The number of hydrogen-bond acceptors (Lipinski definition) is 3. The summed E-state index contributed by atoms with van der Waals surface area (Å²) in [4.78, 5) is 23.5. The lowest BCUT2D eigenvalue weighted by atomic mass is 10.0. The van der Waals surface area contributed by atoms with Crippen molar-refractivity contribution >= 4 is 23.4 Å². The van der Waals surface area contributed by atoms with E-state index in [0.717, 1.165) is 5.56 Å². The Hall–Kier alpha value is -1.59. The van der Waals surface area contributed by atoms with Gasteiger partial charge in [-0.05, 0) is 30.5 Å². The Morgan fingerprint density at radius 1 is 1.18 bits per heavy atom. The zero-order valence-electron chi connectivity index (χ0n) is 13.1. The van der Waals surface area contributed by atoms with Crippen molar-refractivity contribution in [3.63, 3.8) is 0 Å². The first-order chi connectivity index (χ1) is 10.3. The zero-order valence-corrected chi connectivity index (χ0v) is 13.9. The first-order valence-corrected chi connectivity index (χ1v) is 7.64. The summed E-state index contributed by atoms with van der Waals surface area (Å²) >= 11 is 5.86. The van der Waals surface area contributed by atoms with Crippen LogP contribution in [0.3, 0.4) is 0 Å². The summed E-state index contributed by atoms with van der Waals surface area (Å²) in [5.74, 6) is -0.412. The van der Waals surface area contributed by atoms with Gasteiger partial charge >= 0.3 is 0 Å². The summed E-state index contributed by atoms with van der Waals surface area (Å²) in [6.45, 7) is 5.12. The molecular weight excluding hydrogens is 304 g/mol. The number of hydrogen-bond donors (Lipinski definition) is 3. The third-order valence-electron chi connectivity index (χ3n) is 3.57. The standard InChI is InChI=1S/C16H23ClN2O3/c1-10(9-20)11(2)18-16(22)8-15(19-12(3)21)13-4-6-14(17)7-5-13/h4-7,10-11,15,20H,8-9H2,1-3H3,(H,18,22)(H,19,21). The highest BCUT2D eigenvalue weighted by Crippen LogP contribution is 2.19. The van der Waals surface area contributed by atoms with Gasteiger partial charge in [0.15, 0.2) is 0 Å². The van der Waals surface area contributed by atoms with E-state index >= 15 is 0 Å². The molecule has 3 atom stereocenters. The fourth-order valence-electron chi connectivity index (χ4n) is 1.99. The molecule has 1 aromatic rings. The molecule has 1 aromatic carbocycles. The van der Waals surface area contributed by atoms with Gasteiger partial charge in [0.2, 0.25) is 11.8 Å². The van der Waals surface area contributed by atoms with Crippen molar-refractivity contribution in [1.82, 2.24) is 10.6 Å². The number of halogens is 1. The van der Waals surface area contributed by atoms with Crippen LogP contribution in [-0.4, -0.2) is 29.6 Å². The van der Waals surface area contributed by atoms with E-state index in [1.165, 1.54) is 6.92 Å². The van der Waals surface area contributed by atoms with E-state index in [9.17, 15) is 9.59 Å². The molecule has 0 radical (unpaired) electrons. The van der Waals surface area contributed by atoms with E-state index in [2.05, 4.69) is 10.6 Å². The third kappa shape index (κ3) is 6.03. The highest BCUT2D eigenvalue weighted by Gasteiger charge is 2.20. The van der Waals surface area contributed by atoms with Crippen molar-refractivity contribution in [3.8, 4) is 0 Å². The summed E-state index contributed by atoms with van der Waals surface area (Å²) in [6.07, 6.45) is 0.129. The van der Waals surface area contributed by atoms with Gasteiger partial charge in [0, 0.05) is 24.6 Å². The summed E-state index contributed by atoms with van der Waals surface area (Å²) in [5, 5.41) is 15.3. The second kappa shape index (κ2) is 8.76. The Kier molecular flexibility index (Phi) is 7.35. The Bertz CT molecular complexity index is 505. The lowest BCUT2D eigenvalue weighted by Gasteiger charge is -2.22. The van der Waals surface area contributed by atoms with Crippen LogP contribution in [0, 0.1) is 5.92 Å². The number of benzene rings is 1. The van der Waals surface area contributed by atoms with Gasteiger partial charge in [0.05, 0.1) is 12.5 Å². The largest absolute Gasteiger partial charge is 0.396 e. The minimum atomic E-state index is -0.411. The average molecular weight is 327 g/mol. The quantitative estimate of drug-likeness (QED) is 0.717. The molecule has 0 saturated heterocycles. The van der Waals surface area contributed by atoms with Crippen LogP contribution in [0.1, 0.15) is 38.8 Å². The second-order valence-corrected chi connectivity index (χ2v) is 5.96. The summed E-state index contributed by atoms with van der Waals surface area (Å²) < 4.78 is 0. The Morgan fingerprint density at radius 2 is 1.77 bits per heavy atom. The van der Waals surface area contributed by atoms with E-state index < -0.39 is 6.04 Å². The molecule has 2 amide bonds. The van der Waals surface area contributed by atoms with Gasteiger partial charge in [0.1, 0.15) is 0 Å². The molecule has 3 N–H and O–H groups in total. The molecule has 3 unspecified atom stereocenters. The summed E-state index contributed by atoms with van der Waals surface area (Å²) in [6, 6.07) is 6.47. The maximum absolute atomic E-state index is 12.1. The van der Waals surface area contributed by atoms with Crippen molar-refractivity contribution in [2.75, 3.05) is 6.61 Å². The molecule has 0 aromatic heterocycles. The normalized spacial score (nSPS) is 14.8. The van der Waals surface area contributed by atoms with Crippen molar-refractivity contribution < 1.29 is 14.7 Å². The molecule has 0 aliphatic rings. The second-order valence-electron chi connectivity index (χ2n) is 5.52. The van der Waals surface area contributed by atoms with Crippen LogP contribution >= 0.6 is 11.6 Å². The van der Waals surface area contributed by atoms with Gasteiger partial charge in [-0.2, -0.15) is 0 Å². The topological polar surface area (TPSA) is 78.4 Å². The SMILES string of the molecule is CC(=O)NC(CC(=O)NC(C)C(C)CO)c1ccc(Cl)cc1. The molecule has 0 fully saturated rings. The van der Waals surface area contributed by atoms with Gasteiger partial charge in [0.25, 0.3) is 0 Å². The molecular formula is C16H23ClN2O3. The number of amides is 2. The van der Waals surface area contributed by atoms with Crippen molar-refractivity contribution in [1.29, 1.82) is 0 Å². The first kappa shape index (κ1) is 18.5. The maximum atomic E-state index is 12.1. The van der Waals surface area contributed by atoms with E-state index in [4.69, 9.17) is 16.7 Å². The average Bonchev–Trinajstić information content (AvgIpc) is 2.45. The van der Waals surface area contributed by atoms with Crippen LogP contribution in [0.4, 0.5) is 0 Å². The van der Waals surface area contributed by atoms with E-state index in [0.29, 0.717) is 5.02 Å². The van der Waals surface area contributed by atoms with E-state index in [1.54, 1.807) is 24.3 Å². The molecule has 0 saturated carbocycles. The molecule has 0 aliphatic heterocycles. The molecule has 0 heterocycles. The van der Waals surface area contributed by atoms with Crippen LogP contribution in [-0.2, 0) is 9.59 Å². The third-order valence-corrected chi connectivity index (χ3v) is 3.82. The number of aliphatic hydroxyl groups excluding tert-OH is 1. The van der Waals surface area contributed by atoms with Crippen molar-refractivity contribution in [2.24, 2.45) is 5.92 Å². The predicted octanol–water partition coefficient (Wildman–Crippen LogP) is 2.04. The summed E-state index contributed by atoms with van der Waals surface area (Å²) in [5.41, 5.74) is 0.817. The van der Waals surface area contributed by atoms with Crippen LogP contribution in [0.5, 0.6) is 0 Å². The first-order valence-electron chi connectivity index (χ1n) is 7.26. The molecule has 6 heteroatoms. The number of rotatable bonds is 7. The smallest absolute Gasteiger partial charge is 0.222 e. The zero-order chi connectivity index (χ0) is 16.7. The molecule has 0 aliphatic carbocycles. The van der Waals surface area contributed by atoms with Gasteiger partial charge in [-0.15, -0.1) is 0 Å². The molecule has 122 valence electrons. The molecule has 0 spiro atoms. The summed E-state index contributed by atoms with van der Waals surface area (Å²) in [7, 11) is 0. The number of carbonyl (C=O) groups is 2. The fourth-order valence-corrected chi connectivity index (χ4v) is 2.12. The lowest BCUT2D eigenvalue weighted by molar-refractivity contribution is -0.123. The molecule has 0 bridgehead atoms. The number of carbonyl (C=O) groups excluding carboxylic acids is 2. The molecule has 5 nitrogen and oxygen atoms in total. The minimum Gasteiger partial charge on any atom is -0.396 e. The molecule has 22 heavy (non-hydrogen) atoms. The monoisotopic (exact) mass is 326 g/mol. The Morgan fingerprint density at radius 3 is 2.27 bits per heavy atom. The minimum absolute atomic E-state index is 0.00769. The van der Waals surface area contributed by atoms with Gasteiger partial charge < -0.3 is 15.7 Å². The van der Waals surface area contributed by atoms with E-state index in [-0.39, 0.29) is 36.8 Å². The highest BCUT2D eigenvalue weighted by molar-refractivity contribution is 6.30. The van der Waals surface area contributed by atoms with Crippen LogP contribution in [0.2, 0.25) is 5.02 Å². The van der Waals surface area contributed by atoms with Crippen LogP contribution in [0.25, 0.3) is 0 Å². The van der Waals surface area contributed by atoms with Gasteiger partial charge in [-0.25, -0.2) is 0 Å². The fraction of sp³-hybridized carbons (Fsp3) is 0.500. The van der Waals surface area contributed by atoms with E-state index in [1.807, 2.05) is 13.8 Å². The van der Waals surface area contributed by atoms with Crippen molar-refractivity contribution in [2.45, 2.75) is 39.3 Å². The van der Waals surface area contributed by atoms with Crippen LogP contribution < -0.4 is 10.6 Å². The number of nitrogens with one attached hydrogen (secondary N) is 2. The van der Waals surface area contributed by atoms with Crippen LogP contribution in [0.15, 0.2) is 24.3 Å². The van der Waals surface area contributed by atoms with Gasteiger partial charge in [-0.1, -0.05) is 30.7 Å². The predicted molar refractivity (Wildman–Crippen MR) is 86.5 cm³/mol. The van der Waals surface area contributed by atoms with Gasteiger partial charge in [-0.3, -0.25) is 9.59 Å². The maximum Gasteiger partial charge on any atom is 0.222 e. The van der Waals surface area contributed by atoms with Crippen molar-refractivity contribution in [3.05, 3.63) is 34.9 Å². The Balaban J connectivity index is 2.74. The Labute approximate surface area is 136 Å². The number of aliphatic hydroxyl groups is 1. The molecule has 1 rings (SSSR count). The highest BCUT2D eigenvalue weighted by atomic mass is 35.5.